The molecule has 0 spiro atoms. The second-order valence-electron chi connectivity index (χ2n) is 6.41. The summed E-state index contributed by atoms with van der Waals surface area (Å²) in [6, 6.07) is 9.37. The Bertz CT molecular complexity index is 578. The molecule has 1 aliphatic heterocycles. The molecule has 0 aromatic heterocycles. The average molecular weight is 317 g/mol. The molecule has 2 atom stereocenters. The first-order valence-electron chi connectivity index (χ1n) is 8.28. The minimum atomic E-state index is -0.874. The molecule has 1 saturated heterocycles. The number of piperidine rings is 1. The van der Waals surface area contributed by atoms with E-state index in [1.54, 1.807) is 0 Å². The maximum absolute atomic E-state index is 12.5. The van der Waals surface area contributed by atoms with Crippen molar-refractivity contribution in [3.8, 4) is 0 Å². The molecule has 2 fully saturated rings. The lowest BCUT2D eigenvalue weighted by Gasteiger charge is -2.39. The number of nitrogens with zero attached hydrogens (tertiary/aromatic N) is 1. The molecule has 23 heavy (non-hydrogen) atoms. The van der Waals surface area contributed by atoms with Crippen LogP contribution in [-0.2, 0) is 19.7 Å². The van der Waals surface area contributed by atoms with Crippen LogP contribution in [0.15, 0.2) is 30.3 Å². The number of aliphatic carboxylic acids is 1. The van der Waals surface area contributed by atoms with Crippen LogP contribution in [0, 0.1) is 5.92 Å². The molecule has 0 unspecified atom stereocenters. The van der Waals surface area contributed by atoms with Gasteiger partial charge in [-0.3, -0.25) is 9.59 Å². The van der Waals surface area contributed by atoms with Gasteiger partial charge in [0.1, 0.15) is 0 Å². The zero-order chi connectivity index (χ0) is 16.4. The van der Waals surface area contributed by atoms with Gasteiger partial charge in [-0.2, -0.15) is 0 Å². The third-order valence-corrected chi connectivity index (χ3v) is 5.09. The molecule has 3 rings (SSSR count). The van der Waals surface area contributed by atoms with Crippen molar-refractivity contribution in [3.05, 3.63) is 35.9 Å². The van der Waals surface area contributed by atoms with Crippen LogP contribution in [0.3, 0.4) is 0 Å². The topological polar surface area (TPSA) is 66.8 Å². The number of hydrogen-bond acceptors (Lipinski definition) is 3. The first-order valence-corrected chi connectivity index (χ1v) is 8.28. The quantitative estimate of drug-likeness (QED) is 0.902. The maximum atomic E-state index is 12.5. The number of carbonyl (C=O) groups excluding carboxylic acids is 1. The first kappa shape index (κ1) is 16.0. The summed E-state index contributed by atoms with van der Waals surface area (Å²) in [5, 5.41) is 9.78. The SMILES string of the molecule is CCO[C@@H]1C[C@@H]1C(=O)N1CCC(C(=O)O)(c2ccccc2)CC1. The van der Waals surface area contributed by atoms with Crippen molar-refractivity contribution in [2.45, 2.75) is 37.7 Å². The van der Waals surface area contributed by atoms with Gasteiger partial charge in [-0.1, -0.05) is 30.3 Å². The Hall–Kier alpha value is -1.88. The summed E-state index contributed by atoms with van der Waals surface area (Å²) < 4.78 is 5.48. The largest absolute Gasteiger partial charge is 0.481 e. The van der Waals surface area contributed by atoms with E-state index in [0.717, 1.165) is 12.0 Å². The van der Waals surface area contributed by atoms with Gasteiger partial charge >= 0.3 is 5.97 Å². The third-order valence-electron chi connectivity index (χ3n) is 5.09. The zero-order valence-corrected chi connectivity index (χ0v) is 13.4. The van der Waals surface area contributed by atoms with Crippen LogP contribution in [-0.4, -0.2) is 47.7 Å². The monoisotopic (exact) mass is 317 g/mol. The van der Waals surface area contributed by atoms with Crippen molar-refractivity contribution in [3.63, 3.8) is 0 Å². The van der Waals surface area contributed by atoms with Gasteiger partial charge < -0.3 is 14.7 Å². The van der Waals surface area contributed by atoms with Gasteiger partial charge in [-0.05, 0) is 31.7 Å². The summed E-state index contributed by atoms with van der Waals surface area (Å²) in [5.74, 6) is -0.700. The molecular weight excluding hydrogens is 294 g/mol. The Morgan fingerprint density at radius 1 is 1.26 bits per heavy atom. The Morgan fingerprint density at radius 2 is 1.91 bits per heavy atom. The van der Waals surface area contributed by atoms with E-state index in [2.05, 4.69) is 0 Å². The smallest absolute Gasteiger partial charge is 0.314 e. The van der Waals surface area contributed by atoms with Gasteiger partial charge in [0, 0.05) is 19.7 Å². The molecule has 1 heterocycles. The number of hydrogen-bond donors (Lipinski definition) is 1. The highest BCUT2D eigenvalue weighted by Gasteiger charge is 2.49. The van der Waals surface area contributed by atoms with E-state index >= 15 is 0 Å². The van der Waals surface area contributed by atoms with Crippen LogP contribution in [0.25, 0.3) is 0 Å². The van der Waals surface area contributed by atoms with Crippen molar-refractivity contribution >= 4 is 11.9 Å². The van der Waals surface area contributed by atoms with E-state index in [0.29, 0.717) is 32.5 Å². The van der Waals surface area contributed by atoms with Gasteiger partial charge in [0.25, 0.3) is 0 Å². The second-order valence-corrected chi connectivity index (χ2v) is 6.41. The lowest BCUT2D eigenvalue weighted by atomic mass is 9.73. The summed E-state index contributed by atoms with van der Waals surface area (Å²) in [7, 11) is 0. The highest BCUT2D eigenvalue weighted by Crippen LogP contribution is 2.39. The van der Waals surface area contributed by atoms with E-state index in [-0.39, 0.29) is 17.9 Å². The molecule has 1 saturated carbocycles. The molecule has 1 amide bonds. The van der Waals surface area contributed by atoms with Gasteiger partial charge in [-0.15, -0.1) is 0 Å². The molecule has 1 N–H and O–H groups in total. The molecule has 1 aliphatic carbocycles. The van der Waals surface area contributed by atoms with Crippen molar-refractivity contribution in [1.82, 2.24) is 4.90 Å². The first-order chi connectivity index (χ1) is 11.1. The minimum Gasteiger partial charge on any atom is -0.481 e. The summed E-state index contributed by atoms with van der Waals surface area (Å²) in [6.07, 6.45) is 1.79. The number of carbonyl (C=O) groups is 2. The summed E-state index contributed by atoms with van der Waals surface area (Å²) in [6.45, 7) is 3.55. The Labute approximate surface area is 136 Å². The number of carboxylic acids is 1. The number of rotatable bonds is 5. The lowest BCUT2D eigenvalue weighted by Crippen LogP contribution is -2.49. The summed E-state index contributed by atoms with van der Waals surface area (Å²) >= 11 is 0. The Morgan fingerprint density at radius 3 is 2.48 bits per heavy atom. The number of carboxylic acid groups (broad SMARTS) is 1. The van der Waals surface area contributed by atoms with Crippen molar-refractivity contribution in [2.75, 3.05) is 19.7 Å². The Balaban J connectivity index is 1.67. The van der Waals surface area contributed by atoms with Crippen LogP contribution in [0.5, 0.6) is 0 Å². The number of likely N-dealkylation sites (tertiary alicyclic amines) is 1. The molecule has 5 nitrogen and oxygen atoms in total. The minimum absolute atomic E-state index is 0.0241. The third kappa shape index (κ3) is 2.98. The van der Waals surface area contributed by atoms with Crippen molar-refractivity contribution < 1.29 is 19.4 Å². The normalized spacial score (nSPS) is 25.9. The Kier molecular flexibility index (Phi) is 4.39. The average Bonchev–Trinajstić information content (AvgIpc) is 3.34. The molecule has 0 bridgehead atoms. The maximum Gasteiger partial charge on any atom is 0.314 e. The van der Waals surface area contributed by atoms with E-state index in [1.165, 1.54) is 0 Å². The van der Waals surface area contributed by atoms with Gasteiger partial charge in [-0.25, -0.2) is 0 Å². The fourth-order valence-electron chi connectivity index (χ4n) is 3.56. The van der Waals surface area contributed by atoms with Crippen LogP contribution >= 0.6 is 0 Å². The number of benzene rings is 1. The molecule has 1 aromatic carbocycles. The fourth-order valence-corrected chi connectivity index (χ4v) is 3.56. The van der Waals surface area contributed by atoms with E-state index in [9.17, 15) is 14.7 Å². The highest BCUT2D eigenvalue weighted by molar-refractivity contribution is 5.84. The van der Waals surface area contributed by atoms with Crippen LogP contribution in [0.2, 0.25) is 0 Å². The molecular formula is C18H23NO4. The van der Waals surface area contributed by atoms with E-state index < -0.39 is 11.4 Å². The predicted octanol–water partition coefficient (Wildman–Crippen LogP) is 2.06. The fraction of sp³-hybridized carbons (Fsp3) is 0.556. The lowest BCUT2D eigenvalue weighted by molar-refractivity contribution is -0.148. The molecule has 5 heteroatoms. The zero-order valence-electron chi connectivity index (χ0n) is 13.4. The molecule has 124 valence electrons. The van der Waals surface area contributed by atoms with Crippen LogP contribution in [0.1, 0.15) is 31.7 Å². The van der Waals surface area contributed by atoms with Crippen LogP contribution < -0.4 is 0 Å². The van der Waals surface area contributed by atoms with Crippen molar-refractivity contribution in [1.29, 1.82) is 0 Å². The molecule has 0 radical (unpaired) electrons. The van der Waals surface area contributed by atoms with Crippen LogP contribution in [0.4, 0.5) is 0 Å². The van der Waals surface area contributed by atoms with Gasteiger partial charge in [0.05, 0.1) is 17.4 Å². The molecule has 2 aliphatic rings. The van der Waals surface area contributed by atoms with Gasteiger partial charge in [0.15, 0.2) is 0 Å². The van der Waals surface area contributed by atoms with E-state index in [1.807, 2.05) is 42.2 Å². The standard InChI is InChI=1S/C18H23NO4/c1-2-23-15-12-14(15)16(20)19-10-8-18(9-11-19,17(21)22)13-6-4-3-5-7-13/h3-7,14-15H,2,8-12H2,1H3,(H,21,22)/t14-,15+/m0/s1. The van der Waals surface area contributed by atoms with Crippen molar-refractivity contribution in [2.24, 2.45) is 5.92 Å². The second kappa shape index (κ2) is 6.32. The number of amides is 1. The number of ether oxygens (including phenoxy) is 1. The molecule has 1 aromatic rings. The summed E-state index contributed by atoms with van der Waals surface area (Å²) in [4.78, 5) is 26.2. The summed E-state index contributed by atoms with van der Waals surface area (Å²) in [5.41, 5.74) is -0.0424. The highest BCUT2D eigenvalue weighted by atomic mass is 16.5. The predicted molar refractivity (Wildman–Crippen MR) is 85.1 cm³/mol. The van der Waals surface area contributed by atoms with E-state index in [4.69, 9.17) is 4.74 Å². The van der Waals surface area contributed by atoms with Gasteiger partial charge in [0.2, 0.25) is 5.91 Å².